The van der Waals surface area contributed by atoms with Gasteiger partial charge in [-0.05, 0) is 67.7 Å². The predicted octanol–water partition coefficient (Wildman–Crippen LogP) is 6.99. The standard InChI is InChI=1S/C27H17FO2/c28-24-16-17(6-13-25(29)30)4-7-19(24)8-5-18-14-22-11-9-20-2-1-3-21-10-12-23(15-18)27(22)26(20)21/h1-16H,(H,29,30). The van der Waals surface area contributed by atoms with E-state index in [1.54, 1.807) is 18.2 Å². The Kier molecular flexibility index (Phi) is 4.29. The first kappa shape index (κ1) is 18.1. The van der Waals surface area contributed by atoms with Crippen LogP contribution in [-0.2, 0) is 4.79 Å². The number of hydrogen-bond donors (Lipinski definition) is 1. The maximum atomic E-state index is 14.4. The minimum atomic E-state index is -1.06. The predicted molar refractivity (Wildman–Crippen MR) is 122 cm³/mol. The quantitative estimate of drug-likeness (QED) is 0.203. The molecule has 1 N–H and O–H groups in total. The SMILES string of the molecule is O=C(O)C=Cc1ccc(C=Cc2cc3ccc4cccc5ccc(c2)c3c45)c(F)c1. The summed E-state index contributed by atoms with van der Waals surface area (Å²) >= 11 is 0. The highest BCUT2D eigenvalue weighted by Gasteiger charge is 2.08. The summed E-state index contributed by atoms with van der Waals surface area (Å²) in [7, 11) is 0. The van der Waals surface area contributed by atoms with Crippen molar-refractivity contribution in [1.82, 2.24) is 0 Å². The van der Waals surface area contributed by atoms with Gasteiger partial charge in [-0.15, -0.1) is 0 Å². The third-order valence-electron chi connectivity index (χ3n) is 5.38. The van der Waals surface area contributed by atoms with E-state index in [0.29, 0.717) is 11.1 Å². The third-order valence-corrected chi connectivity index (χ3v) is 5.38. The van der Waals surface area contributed by atoms with E-state index in [1.165, 1.54) is 33.7 Å². The largest absolute Gasteiger partial charge is 0.478 e. The van der Waals surface area contributed by atoms with Crippen LogP contribution in [0, 0.1) is 5.82 Å². The molecule has 0 radical (unpaired) electrons. The molecule has 30 heavy (non-hydrogen) atoms. The lowest BCUT2D eigenvalue weighted by Gasteiger charge is -2.11. The second kappa shape index (κ2) is 7.12. The summed E-state index contributed by atoms with van der Waals surface area (Å²) in [4.78, 5) is 10.6. The molecule has 3 heteroatoms. The zero-order valence-electron chi connectivity index (χ0n) is 16.0. The second-order valence-electron chi connectivity index (χ2n) is 7.34. The minimum Gasteiger partial charge on any atom is -0.478 e. The Balaban J connectivity index is 1.54. The first-order valence-corrected chi connectivity index (χ1v) is 9.65. The molecule has 0 aliphatic heterocycles. The molecule has 5 aromatic carbocycles. The highest BCUT2D eigenvalue weighted by molar-refractivity contribution is 6.23. The molecule has 0 unspecified atom stereocenters. The van der Waals surface area contributed by atoms with Gasteiger partial charge >= 0.3 is 5.97 Å². The molecular weight excluding hydrogens is 375 g/mol. The fourth-order valence-electron chi connectivity index (χ4n) is 4.01. The molecule has 5 aromatic rings. The normalized spacial score (nSPS) is 12.2. The maximum absolute atomic E-state index is 14.4. The van der Waals surface area contributed by atoms with Crippen LogP contribution in [-0.4, -0.2) is 11.1 Å². The van der Waals surface area contributed by atoms with E-state index in [2.05, 4.69) is 54.6 Å². The first-order valence-electron chi connectivity index (χ1n) is 9.65. The molecule has 0 aromatic heterocycles. The number of carboxylic acid groups (broad SMARTS) is 1. The third kappa shape index (κ3) is 3.20. The van der Waals surface area contributed by atoms with Gasteiger partial charge in [0.05, 0.1) is 0 Å². The Morgan fingerprint density at radius 2 is 1.33 bits per heavy atom. The van der Waals surface area contributed by atoms with E-state index in [1.807, 2.05) is 6.08 Å². The molecule has 144 valence electrons. The summed E-state index contributed by atoms with van der Waals surface area (Å²) in [6.45, 7) is 0. The van der Waals surface area contributed by atoms with Gasteiger partial charge in [0, 0.05) is 11.6 Å². The molecule has 0 bridgehead atoms. The number of aliphatic carboxylic acids is 1. The van der Waals surface area contributed by atoms with Crippen molar-refractivity contribution < 1.29 is 14.3 Å². The van der Waals surface area contributed by atoms with E-state index in [-0.39, 0.29) is 0 Å². The lowest BCUT2D eigenvalue weighted by atomic mass is 9.93. The Bertz CT molecular complexity index is 1410. The molecule has 0 spiro atoms. The molecule has 0 saturated carbocycles. The Morgan fingerprint density at radius 3 is 1.97 bits per heavy atom. The highest BCUT2D eigenvalue weighted by Crippen LogP contribution is 2.35. The molecular formula is C27H17FO2. The first-order chi connectivity index (χ1) is 14.6. The van der Waals surface area contributed by atoms with Crippen LogP contribution in [0.3, 0.4) is 0 Å². The minimum absolute atomic E-state index is 0.392. The summed E-state index contributed by atoms with van der Waals surface area (Å²) in [5.41, 5.74) is 1.96. The fraction of sp³-hybridized carbons (Fsp3) is 0. The van der Waals surface area contributed by atoms with Gasteiger partial charge in [-0.2, -0.15) is 0 Å². The summed E-state index contributed by atoms with van der Waals surface area (Å²) in [5.74, 6) is -1.45. The molecule has 0 saturated heterocycles. The topological polar surface area (TPSA) is 37.3 Å². The molecule has 0 fully saturated rings. The van der Waals surface area contributed by atoms with Crippen molar-refractivity contribution in [2.75, 3.05) is 0 Å². The molecule has 0 aliphatic rings. The molecule has 0 amide bonds. The van der Waals surface area contributed by atoms with Crippen LogP contribution in [0.5, 0.6) is 0 Å². The van der Waals surface area contributed by atoms with Crippen molar-refractivity contribution in [3.63, 3.8) is 0 Å². The van der Waals surface area contributed by atoms with Crippen LogP contribution in [0.4, 0.5) is 4.39 Å². The van der Waals surface area contributed by atoms with Crippen molar-refractivity contribution in [3.8, 4) is 0 Å². The average molecular weight is 392 g/mol. The molecule has 0 aliphatic carbocycles. The van der Waals surface area contributed by atoms with E-state index in [9.17, 15) is 9.18 Å². The van der Waals surface area contributed by atoms with Gasteiger partial charge in [-0.3, -0.25) is 0 Å². The van der Waals surface area contributed by atoms with Crippen molar-refractivity contribution in [2.24, 2.45) is 0 Å². The number of hydrogen-bond acceptors (Lipinski definition) is 1. The van der Waals surface area contributed by atoms with Crippen molar-refractivity contribution in [1.29, 1.82) is 0 Å². The van der Waals surface area contributed by atoms with Gasteiger partial charge in [-0.1, -0.05) is 66.7 Å². The summed E-state index contributed by atoms with van der Waals surface area (Å²) in [6, 6.07) is 23.8. The highest BCUT2D eigenvalue weighted by atomic mass is 19.1. The number of carbonyl (C=O) groups is 1. The van der Waals surface area contributed by atoms with Gasteiger partial charge in [0.2, 0.25) is 0 Å². The molecule has 0 atom stereocenters. The number of rotatable bonds is 4. The number of benzene rings is 5. The lowest BCUT2D eigenvalue weighted by molar-refractivity contribution is -0.131. The Morgan fingerprint density at radius 1 is 0.700 bits per heavy atom. The van der Waals surface area contributed by atoms with E-state index < -0.39 is 11.8 Å². The van der Waals surface area contributed by atoms with Crippen molar-refractivity contribution >= 4 is 56.5 Å². The summed E-state index contributed by atoms with van der Waals surface area (Å²) < 4.78 is 14.4. The van der Waals surface area contributed by atoms with Crippen LogP contribution < -0.4 is 0 Å². The van der Waals surface area contributed by atoms with Gasteiger partial charge < -0.3 is 5.11 Å². The van der Waals surface area contributed by atoms with E-state index in [0.717, 1.165) is 22.4 Å². The second-order valence-corrected chi connectivity index (χ2v) is 7.34. The number of halogens is 1. The Hall–Kier alpha value is -3.98. The monoisotopic (exact) mass is 392 g/mol. The van der Waals surface area contributed by atoms with Crippen LogP contribution in [0.25, 0.3) is 50.5 Å². The fourth-order valence-corrected chi connectivity index (χ4v) is 4.01. The maximum Gasteiger partial charge on any atom is 0.328 e. The van der Waals surface area contributed by atoms with Crippen molar-refractivity contribution in [3.05, 3.63) is 101 Å². The van der Waals surface area contributed by atoms with Gasteiger partial charge in [0.25, 0.3) is 0 Å². The number of carboxylic acids is 1. The zero-order valence-corrected chi connectivity index (χ0v) is 16.0. The van der Waals surface area contributed by atoms with Gasteiger partial charge in [0.1, 0.15) is 5.82 Å². The van der Waals surface area contributed by atoms with Gasteiger partial charge in [0.15, 0.2) is 0 Å². The van der Waals surface area contributed by atoms with Crippen LogP contribution in [0.1, 0.15) is 16.7 Å². The van der Waals surface area contributed by atoms with Crippen molar-refractivity contribution in [2.45, 2.75) is 0 Å². The summed E-state index contributed by atoms with van der Waals surface area (Å²) in [5, 5.41) is 16.0. The molecule has 2 nitrogen and oxygen atoms in total. The lowest BCUT2D eigenvalue weighted by Crippen LogP contribution is -1.87. The molecule has 0 heterocycles. The zero-order chi connectivity index (χ0) is 20.7. The smallest absolute Gasteiger partial charge is 0.328 e. The molecule has 5 rings (SSSR count). The van der Waals surface area contributed by atoms with Gasteiger partial charge in [-0.25, -0.2) is 9.18 Å². The summed E-state index contributed by atoms with van der Waals surface area (Å²) in [6.07, 6.45) is 6.01. The van der Waals surface area contributed by atoms with Crippen LogP contribution in [0.2, 0.25) is 0 Å². The van der Waals surface area contributed by atoms with Crippen LogP contribution >= 0.6 is 0 Å². The average Bonchev–Trinajstić information content (AvgIpc) is 2.75. The van der Waals surface area contributed by atoms with E-state index in [4.69, 9.17) is 5.11 Å². The van der Waals surface area contributed by atoms with Crippen LogP contribution in [0.15, 0.2) is 78.9 Å². The van der Waals surface area contributed by atoms with E-state index >= 15 is 0 Å². The Labute approximate surface area is 172 Å².